The van der Waals surface area contributed by atoms with E-state index >= 15 is 0 Å². The molecule has 0 saturated carbocycles. The van der Waals surface area contributed by atoms with E-state index in [4.69, 9.17) is 5.73 Å². The number of nitrogens with zero attached hydrogens (tertiary/aromatic N) is 2. The molecule has 0 spiro atoms. The first-order valence-corrected chi connectivity index (χ1v) is 6.37. The van der Waals surface area contributed by atoms with Gasteiger partial charge in [0.2, 0.25) is 0 Å². The Balaban J connectivity index is 2.16. The molecule has 1 saturated heterocycles. The Morgan fingerprint density at radius 1 is 1.24 bits per heavy atom. The van der Waals surface area contributed by atoms with Gasteiger partial charge in [-0.2, -0.15) is 0 Å². The molecule has 1 aliphatic heterocycles. The van der Waals surface area contributed by atoms with Gasteiger partial charge in [-0.15, -0.1) is 0 Å². The van der Waals surface area contributed by atoms with Gasteiger partial charge in [-0.1, -0.05) is 12.1 Å². The van der Waals surface area contributed by atoms with E-state index in [-0.39, 0.29) is 0 Å². The maximum atomic E-state index is 5.70. The van der Waals surface area contributed by atoms with E-state index in [9.17, 15) is 0 Å². The van der Waals surface area contributed by atoms with Crippen molar-refractivity contribution in [2.24, 2.45) is 5.73 Å². The molecule has 0 bridgehead atoms. The predicted molar refractivity (Wildman–Crippen MR) is 73.2 cm³/mol. The third-order valence-electron chi connectivity index (χ3n) is 3.87. The molecule has 0 radical (unpaired) electrons. The largest absolute Gasteiger partial charge is 0.368 e. The van der Waals surface area contributed by atoms with Gasteiger partial charge in [-0.05, 0) is 38.6 Å². The Kier molecular flexibility index (Phi) is 3.69. The van der Waals surface area contributed by atoms with Gasteiger partial charge < -0.3 is 10.6 Å². The molecule has 2 rings (SSSR count). The topological polar surface area (TPSA) is 32.5 Å². The van der Waals surface area contributed by atoms with Crippen LogP contribution in [-0.2, 0) is 6.54 Å². The van der Waals surface area contributed by atoms with Crippen molar-refractivity contribution in [3.8, 4) is 0 Å². The maximum absolute atomic E-state index is 5.70. The Labute approximate surface area is 104 Å². The molecular formula is C14H23N3. The van der Waals surface area contributed by atoms with Crippen LogP contribution < -0.4 is 10.6 Å². The first-order chi connectivity index (χ1) is 8.11. The van der Waals surface area contributed by atoms with Gasteiger partial charge in [0, 0.05) is 37.4 Å². The van der Waals surface area contributed by atoms with Gasteiger partial charge in [0.05, 0.1) is 0 Å². The summed E-state index contributed by atoms with van der Waals surface area (Å²) in [5.41, 5.74) is 8.21. The van der Waals surface area contributed by atoms with E-state index < -0.39 is 0 Å². The predicted octanol–water partition coefficient (Wildman–Crippen LogP) is 1.67. The fourth-order valence-corrected chi connectivity index (χ4v) is 2.50. The van der Waals surface area contributed by atoms with Gasteiger partial charge in [0.1, 0.15) is 0 Å². The lowest BCUT2D eigenvalue weighted by Gasteiger charge is -2.43. The molecule has 0 aliphatic carbocycles. The highest BCUT2D eigenvalue weighted by Gasteiger charge is 2.26. The molecule has 2 N–H and O–H groups in total. The van der Waals surface area contributed by atoms with E-state index in [1.165, 1.54) is 11.3 Å². The number of hydrogen-bond acceptors (Lipinski definition) is 3. The SMILES string of the molecule is CC1CN(c2cccc(CN)c2)CC(C)N1C. The highest BCUT2D eigenvalue weighted by molar-refractivity contribution is 5.49. The molecule has 17 heavy (non-hydrogen) atoms. The van der Waals surface area contributed by atoms with Crippen molar-refractivity contribution in [3.63, 3.8) is 0 Å². The Bertz CT molecular complexity index is 365. The first kappa shape index (κ1) is 12.4. The Hall–Kier alpha value is -1.06. The third-order valence-corrected chi connectivity index (χ3v) is 3.87. The second kappa shape index (κ2) is 5.07. The van der Waals surface area contributed by atoms with Crippen molar-refractivity contribution in [1.82, 2.24) is 4.90 Å². The Morgan fingerprint density at radius 2 is 1.88 bits per heavy atom. The van der Waals surface area contributed by atoms with E-state index in [1.807, 2.05) is 0 Å². The summed E-state index contributed by atoms with van der Waals surface area (Å²) in [7, 11) is 2.21. The zero-order valence-corrected chi connectivity index (χ0v) is 11.1. The number of rotatable bonds is 2. The summed E-state index contributed by atoms with van der Waals surface area (Å²) in [6.45, 7) is 7.38. The van der Waals surface area contributed by atoms with Crippen molar-refractivity contribution < 1.29 is 0 Å². The molecule has 0 amide bonds. The minimum absolute atomic E-state index is 0.597. The molecule has 1 aromatic carbocycles. The van der Waals surface area contributed by atoms with E-state index in [1.54, 1.807) is 0 Å². The quantitative estimate of drug-likeness (QED) is 0.843. The maximum Gasteiger partial charge on any atom is 0.0370 e. The molecule has 2 atom stereocenters. The second-order valence-electron chi connectivity index (χ2n) is 5.14. The summed E-state index contributed by atoms with van der Waals surface area (Å²) in [6, 6.07) is 9.78. The zero-order chi connectivity index (χ0) is 12.4. The molecular weight excluding hydrogens is 210 g/mol. The van der Waals surface area contributed by atoms with Crippen LogP contribution in [0.1, 0.15) is 19.4 Å². The van der Waals surface area contributed by atoms with Gasteiger partial charge in [-0.3, -0.25) is 4.90 Å². The van der Waals surface area contributed by atoms with Crippen LogP contribution in [0, 0.1) is 0 Å². The lowest BCUT2D eigenvalue weighted by atomic mass is 10.1. The number of hydrogen-bond donors (Lipinski definition) is 1. The minimum atomic E-state index is 0.597. The normalized spacial score (nSPS) is 26.2. The van der Waals surface area contributed by atoms with Crippen LogP contribution in [0.15, 0.2) is 24.3 Å². The summed E-state index contributed by atoms with van der Waals surface area (Å²) >= 11 is 0. The number of likely N-dealkylation sites (N-methyl/N-ethyl adjacent to an activating group) is 1. The number of piperazine rings is 1. The van der Waals surface area contributed by atoms with Crippen LogP contribution in [0.3, 0.4) is 0 Å². The van der Waals surface area contributed by atoms with Crippen molar-refractivity contribution in [1.29, 1.82) is 0 Å². The number of benzene rings is 1. The molecule has 94 valence electrons. The summed E-state index contributed by atoms with van der Waals surface area (Å²) in [5, 5.41) is 0. The van der Waals surface area contributed by atoms with Gasteiger partial charge >= 0.3 is 0 Å². The van der Waals surface area contributed by atoms with E-state index in [0.717, 1.165) is 13.1 Å². The fourth-order valence-electron chi connectivity index (χ4n) is 2.50. The lowest BCUT2D eigenvalue weighted by molar-refractivity contribution is 0.170. The second-order valence-corrected chi connectivity index (χ2v) is 5.14. The molecule has 3 heteroatoms. The minimum Gasteiger partial charge on any atom is -0.368 e. The molecule has 1 heterocycles. The highest BCUT2D eigenvalue weighted by atomic mass is 15.3. The summed E-state index contributed by atoms with van der Waals surface area (Å²) in [4.78, 5) is 4.91. The summed E-state index contributed by atoms with van der Waals surface area (Å²) in [6.07, 6.45) is 0. The molecule has 3 nitrogen and oxygen atoms in total. The van der Waals surface area contributed by atoms with Crippen LogP contribution >= 0.6 is 0 Å². The van der Waals surface area contributed by atoms with Gasteiger partial charge in [-0.25, -0.2) is 0 Å². The molecule has 1 fully saturated rings. The fraction of sp³-hybridized carbons (Fsp3) is 0.571. The van der Waals surface area contributed by atoms with Gasteiger partial charge in [0.25, 0.3) is 0 Å². The van der Waals surface area contributed by atoms with Gasteiger partial charge in [0.15, 0.2) is 0 Å². The zero-order valence-electron chi connectivity index (χ0n) is 11.1. The standard InChI is InChI=1S/C14H23N3/c1-11-9-17(10-12(2)16(11)3)14-6-4-5-13(7-14)8-15/h4-7,11-12H,8-10,15H2,1-3H3. The smallest absolute Gasteiger partial charge is 0.0370 e. The van der Waals surface area contributed by atoms with Crippen LogP contribution in [0.25, 0.3) is 0 Å². The summed E-state index contributed by atoms with van der Waals surface area (Å²) in [5.74, 6) is 0. The average molecular weight is 233 g/mol. The molecule has 1 aliphatic rings. The monoisotopic (exact) mass is 233 g/mol. The Morgan fingerprint density at radius 3 is 2.47 bits per heavy atom. The average Bonchev–Trinajstić information content (AvgIpc) is 2.35. The molecule has 1 aromatic rings. The van der Waals surface area contributed by atoms with Crippen molar-refractivity contribution >= 4 is 5.69 Å². The number of nitrogens with two attached hydrogens (primary N) is 1. The van der Waals surface area contributed by atoms with Crippen LogP contribution in [0.5, 0.6) is 0 Å². The van der Waals surface area contributed by atoms with Crippen LogP contribution in [-0.4, -0.2) is 37.1 Å². The van der Waals surface area contributed by atoms with Crippen molar-refractivity contribution in [2.45, 2.75) is 32.5 Å². The summed E-state index contributed by atoms with van der Waals surface area (Å²) < 4.78 is 0. The third kappa shape index (κ3) is 2.61. The van der Waals surface area contributed by atoms with Crippen LogP contribution in [0.4, 0.5) is 5.69 Å². The highest BCUT2D eigenvalue weighted by Crippen LogP contribution is 2.22. The van der Waals surface area contributed by atoms with E-state index in [2.05, 4.69) is 55.0 Å². The molecule has 2 unspecified atom stereocenters. The lowest BCUT2D eigenvalue weighted by Crippen LogP contribution is -2.55. The van der Waals surface area contributed by atoms with Crippen molar-refractivity contribution in [3.05, 3.63) is 29.8 Å². The first-order valence-electron chi connectivity index (χ1n) is 6.37. The van der Waals surface area contributed by atoms with Crippen molar-refractivity contribution in [2.75, 3.05) is 25.0 Å². The van der Waals surface area contributed by atoms with E-state index in [0.29, 0.717) is 18.6 Å². The molecule has 0 aromatic heterocycles. The number of anilines is 1. The van der Waals surface area contributed by atoms with Crippen LogP contribution in [0.2, 0.25) is 0 Å².